The van der Waals surface area contributed by atoms with E-state index in [2.05, 4.69) is 0 Å². The van der Waals surface area contributed by atoms with Crippen molar-refractivity contribution < 1.29 is 19.1 Å². The minimum absolute atomic E-state index is 0.0314. The SMILES string of the molecule is CC(C)(C)OC(=O)N1CCC(OCc2ccccc2)CC(=O)C1C(C)(C)C. The van der Waals surface area contributed by atoms with E-state index < -0.39 is 17.7 Å². The maximum Gasteiger partial charge on any atom is 0.410 e. The van der Waals surface area contributed by atoms with Crippen LogP contribution in [0.25, 0.3) is 0 Å². The summed E-state index contributed by atoms with van der Waals surface area (Å²) in [5.41, 5.74) is 0.103. The minimum Gasteiger partial charge on any atom is -0.444 e. The zero-order chi connectivity index (χ0) is 20.2. The number of likely N-dealkylation sites (tertiary alicyclic amines) is 1. The van der Waals surface area contributed by atoms with E-state index in [1.165, 1.54) is 0 Å². The highest BCUT2D eigenvalue weighted by molar-refractivity contribution is 5.89. The number of carbonyl (C=O) groups excluding carboxylic acids is 2. The predicted molar refractivity (Wildman–Crippen MR) is 105 cm³/mol. The largest absolute Gasteiger partial charge is 0.444 e. The van der Waals surface area contributed by atoms with E-state index in [0.29, 0.717) is 26.0 Å². The molecule has 1 aromatic carbocycles. The minimum atomic E-state index is -0.599. The second-order valence-corrected chi connectivity index (χ2v) is 9.32. The van der Waals surface area contributed by atoms with Crippen molar-refractivity contribution in [3.05, 3.63) is 35.9 Å². The van der Waals surface area contributed by atoms with Crippen LogP contribution in [0.4, 0.5) is 4.79 Å². The molecule has 1 aliphatic rings. The number of ketones is 1. The Morgan fingerprint density at radius 3 is 2.30 bits per heavy atom. The predicted octanol–water partition coefficient (Wildman–Crippen LogP) is 4.59. The van der Waals surface area contributed by atoms with Crippen LogP contribution in [0.5, 0.6) is 0 Å². The van der Waals surface area contributed by atoms with Crippen LogP contribution in [0.15, 0.2) is 30.3 Å². The van der Waals surface area contributed by atoms with Crippen molar-refractivity contribution >= 4 is 11.9 Å². The van der Waals surface area contributed by atoms with Crippen LogP contribution in [-0.2, 0) is 20.9 Å². The van der Waals surface area contributed by atoms with Gasteiger partial charge in [-0.25, -0.2) is 4.79 Å². The average molecular weight is 376 g/mol. The van der Waals surface area contributed by atoms with Crippen molar-refractivity contribution in [2.75, 3.05) is 6.54 Å². The molecule has 2 unspecified atom stereocenters. The summed E-state index contributed by atoms with van der Waals surface area (Å²) in [6.45, 7) is 12.4. The second kappa shape index (κ2) is 8.42. The maximum atomic E-state index is 13.0. The van der Waals surface area contributed by atoms with Crippen LogP contribution >= 0.6 is 0 Å². The van der Waals surface area contributed by atoms with Gasteiger partial charge >= 0.3 is 6.09 Å². The standard InChI is InChI=1S/C22H33NO4/c1-21(2,3)19-18(24)14-17(26-15-16-10-8-7-9-11-16)12-13-23(19)20(25)27-22(4,5)6/h7-11,17,19H,12-15H2,1-6H3. The van der Waals surface area contributed by atoms with Gasteiger partial charge in [-0.1, -0.05) is 51.1 Å². The summed E-state index contributed by atoms with van der Waals surface area (Å²) >= 11 is 0. The molecular weight excluding hydrogens is 342 g/mol. The van der Waals surface area contributed by atoms with Crippen molar-refractivity contribution in [2.24, 2.45) is 5.41 Å². The lowest BCUT2D eigenvalue weighted by Crippen LogP contribution is -2.52. The molecule has 0 radical (unpaired) electrons. The van der Waals surface area contributed by atoms with Gasteiger partial charge in [-0.2, -0.15) is 0 Å². The van der Waals surface area contributed by atoms with Crippen LogP contribution in [-0.4, -0.2) is 41.1 Å². The lowest BCUT2D eigenvalue weighted by Gasteiger charge is -2.38. The molecule has 2 atom stereocenters. The molecule has 0 aliphatic carbocycles. The summed E-state index contributed by atoms with van der Waals surface area (Å²) in [7, 11) is 0. The normalized spacial score (nSPS) is 21.7. The topological polar surface area (TPSA) is 55.8 Å². The fourth-order valence-corrected chi connectivity index (χ4v) is 3.42. The summed E-state index contributed by atoms with van der Waals surface area (Å²) in [6, 6.07) is 9.39. The van der Waals surface area contributed by atoms with Crippen molar-refractivity contribution in [3.63, 3.8) is 0 Å². The molecule has 1 saturated heterocycles. The monoisotopic (exact) mass is 375 g/mol. The zero-order valence-electron chi connectivity index (χ0n) is 17.5. The summed E-state index contributed by atoms with van der Waals surface area (Å²) < 4.78 is 11.6. The number of rotatable bonds is 3. The Labute approximate surface area is 163 Å². The van der Waals surface area contributed by atoms with E-state index in [4.69, 9.17) is 9.47 Å². The number of carbonyl (C=O) groups is 2. The Bertz CT molecular complexity index is 643. The van der Waals surface area contributed by atoms with Crippen LogP contribution in [0.2, 0.25) is 0 Å². The van der Waals surface area contributed by atoms with E-state index in [1.807, 2.05) is 71.9 Å². The molecule has 0 spiro atoms. The Hall–Kier alpha value is -1.88. The molecule has 0 aromatic heterocycles. The average Bonchev–Trinajstić information content (AvgIpc) is 2.70. The molecule has 1 amide bonds. The quantitative estimate of drug-likeness (QED) is 0.775. The van der Waals surface area contributed by atoms with Crippen molar-refractivity contribution in [3.8, 4) is 0 Å². The molecule has 1 heterocycles. The lowest BCUT2D eigenvalue weighted by molar-refractivity contribution is -0.128. The van der Waals surface area contributed by atoms with Gasteiger partial charge in [-0.05, 0) is 38.2 Å². The first-order chi connectivity index (χ1) is 12.5. The number of nitrogens with zero attached hydrogens (tertiary/aromatic N) is 1. The molecule has 0 N–H and O–H groups in total. The van der Waals surface area contributed by atoms with Gasteiger partial charge in [0.2, 0.25) is 0 Å². The first-order valence-corrected chi connectivity index (χ1v) is 9.65. The number of hydrogen-bond donors (Lipinski definition) is 0. The Morgan fingerprint density at radius 1 is 1.11 bits per heavy atom. The molecule has 1 aliphatic heterocycles. The van der Waals surface area contributed by atoms with E-state index >= 15 is 0 Å². The summed E-state index contributed by atoms with van der Waals surface area (Å²) in [4.78, 5) is 27.4. The first kappa shape index (κ1) is 21.4. The third-order valence-electron chi connectivity index (χ3n) is 4.51. The van der Waals surface area contributed by atoms with Crippen LogP contribution in [0.1, 0.15) is 59.9 Å². The van der Waals surface area contributed by atoms with Crippen molar-refractivity contribution in [1.29, 1.82) is 0 Å². The number of benzene rings is 1. The Balaban J connectivity index is 2.13. The molecule has 2 rings (SSSR count). The highest BCUT2D eigenvalue weighted by Crippen LogP contribution is 2.31. The van der Waals surface area contributed by atoms with Crippen molar-refractivity contribution in [2.45, 2.75) is 78.7 Å². The summed E-state index contributed by atoms with van der Waals surface area (Å²) in [5, 5.41) is 0. The Kier molecular flexibility index (Phi) is 6.68. The molecule has 27 heavy (non-hydrogen) atoms. The highest BCUT2D eigenvalue weighted by Gasteiger charge is 2.43. The van der Waals surface area contributed by atoms with Gasteiger partial charge in [0.1, 0.15) is 5.60 Å². The third kappa shape index (κ3) is 6.35. The van der Waals surface area contributed by atoms with E-state index in [1.54, 1.807) is 4.90 Å². The molecular formula is C22H33NO4. The number of hydrogen-bond acceptors (Lipinski definition) is 4. The van der Waals surface area contributed by atoms with Gasteiger partial charge < -0.3 is 9.47 Å². The van der Waals surface area contributed by atoms with Gasteiger partial charge in [0, 0.05) is 13.0 Å². The van der Waals surface area contributed by atoms with Crippen LogP contribution in [0, 0.1) is 5.41 Å². The molecule has 0 saturated carbocycles. The molecule has 1 fully saturated rings. The number of amides is 1. The number of ether oxygens (including phenoxy) is 2. The zero-order valence-corrected chi connectivity index (χ0v) is 17.5. The number of Topliss-reactive ketones (excluding diaryl/α,β-unsaturated/α-hetero) is 1. The molecule has 5 nitrogen and oxygen atoms in total. The Morgan fingerprint density at radius 2 is 1.74 bits per heavy atom. The smallest absolute Gasteiger partial charge is 0.410 e. The fraction of sp³-hybridized carbons (Fsp3) is 0.636. The second-order valence-electron chi connectivity index (χ2n) is 9.32. The summed E-state index contributed by atoms with van der Waals surface area (Å²) in [5.74, 6) is 0.0314. The maximum absolute atomic E-state index is 13.0. The van der Waals surface area contributed by atoms with E-state index in [0.717, 1.165) is 5.56 Å². The van der Waals surface area contributed by atoms with Crippen molar-refractivity contribution in [1.82, 2.24) is 4.90 Å². The third-order valence-corrected chi connectivity index (χ3v) is 4.51. The molecule has 0 bridgehead atoms. The fourth-order valence-electron chi connectivity index (χ4n) is 3.42. The molecule has 150 valence electrons. The van der Waals surface area contributed by atoms with Crippen LogP contribution < -0.4 is 0 Å². The molecule has 1 aromatic rings. The van der Waals surface area contributed by atoms with Crippen LogP contribution in [0.3, 0.4) is 0 Å². The van der Waals surface area contributed by atoms with Gasteiger partial charge in [-0.3, -0.25) is 9.69 Å². The lowest BCUT2D eigenvalue weighted by atomic mass is 9.82. The van der Waals surface area contributed by atoms with Gasteiger partial charge in [0.25, 0.3) is 0 Å². The van der Waals surface area contributed by atoms with Gasteiger partial charge in [-0.15, -0.1) is 0 Å². The first-order valence-electron chi connectivity index (χ1n) is 9.65. The van der Waals surface area contributed by atoms with E-state index in [-0.39, 0.29) is 17.3 Å². The van der Waals surface area contributed by atoms with Gasteiger partial charge in [0.05, 0.1) is 18.8 Å². The molecule has 5 heteroatoms. The van der Waals surface area contributed by atoms with Gasteiger partial charge in [0.15, 0.2) is 5.78 Å². The highest BCUT2D eigenvalue weighted by atomic mass is 16.6. The summed E-state index contributed by atoms with van der Waals surface area (Å²) in [6.07, 6.45) is 0.299. The van der Waals surface area contributed by atoms with E-state index in [9.17, 15) is 9.59 Å².